The van der Waals surface area contributed by atoms with E-state index in [-0.39, 0.29) is 11.5 Å². The lowest BCUT2D eigenvalue weighted by atomic mass is 10.1. The number of para-hydroxylation sites is 1. The largest absolute Gasteiger partial charge is 0.504 e. The first kappa shape index (κ1) is 14.3. The van der Waals surface area contributed by atoms with Crippen molar-refractivity contribution in [3.63, 3.8) is 0 Å². The number of hydrogen-bond acceptors (Lipinski definition) is 5. The smallest absolute Gasteiger partial charge is 0.159 e. The van der Waals surface area contributed by atoms with Gasteiger partial charge in [-0.1, -0.05) is 18.2 Å². The fraction of sp³-hybridized carbons (Fsp3) is 0.111. The summed E-state index contributed by atoms with van der Waals surface area (Å²) < 4.78 is 1.83. The molecule has 6 nitrogen and oxygen atoms in total. The van der Waals surface area contributed by atoms with E-state index < -0.39 is 0 Å². The highest BCUT2D eigenvalue weighted by Crippen LogP contribution is 2.33. The molecule has 2 aromatic carbocycles. The summed E-state index contributed by atoms with van der Waals surface area (Å²) in [4.78, 5) is 8.80. The molecule has 0 aliphatic carbocycles. The molecule has 0 aliphatic heterocycles. The Hall–Kier alpha value is -3.28. The SMILES string of the molecule is Cc1cccc(C)c1Nc1nc2cc(O)c(O)cc2n2cncc12. The lowest BCUT2D eigenvalue weighted by molar-refractivity contribution is 0.404. The highest BCUT2D eigenvalue weighted by molar-refractivity contribution is 5.88. The third-order valence-corrected chi connectivity index (χ3v) is 4.17. The van der Waals surface area contributed by atoms with Gasteiger partial charge in [-0.05, 0) is 25.0 Å². The monoisotopic (exact) mass is 320 g/mol. The van der Waals surface area contributed by atoms with Crippen LogP contribution in [0.15, 0.2) is 42.9 Å². The Kier molecular flexibility index (Phi) is 3.06. The van der Waals surface area contributed by atoms with Gasteiger partial charge in [0.2, 0.25) is 0 Å². The molecule has 0 radical (unpaired) electrons. The van der Waals surface area contributed by atoms with Crippen LogP contribution in [0.25, 0.3) is 16.6 Å². The molecule has 0 amide bonds. The lowest BCUT2D eigenvalue weighted by Crippen LogP contribution is -2.01. The average molecular weight is 320 g/mol. The predicted molar refractivity (Wildman–Crippen MR) is 93.0 cm³/mol. The van der Waals surface area contributed by atoms with Crippen LogP contribution >= 0.6 is 0 Å². The summed E-state index contributed by atoms with van der Waals surface area (Å²) in [5.74, 6) is 0.254. The van der Waals surface area contributed by atoms with Gasteiger partial charge in [0.15, 0.2) is 17.3 Å². The van der Waals surface area contributed by atoms with E-state index in [1.54, 1.807) is 12.5 Å². The summed E-state index contributed by atoms with van der Waals surface area (Å²) in [6, 6.07) is 9.01. The van der Waals surface area contributed by atoms with E-state index >= 15 is 0 Å². The van der Waals surface area contributed by atoms with Gasteiger partial charge in [-0.3, -0.25) is 4.40 Å². The van der Waals surface area contributed by atoms with Gasteiger partial charge in [-0.15, -0.1) is 0 Å². The first-order valence-electron chi connectivity index (χ1n) is 7.55. The fourth-order valence-electron chi connectivity index (χ4n) is 2.90. The van der Waals surface area contributed by atoms with Crippen LogP contribution in [0, 0.1) is 13.8 Å². The molecule has 4 aromatic rings. The number of fused-ring (bicyclic) bond motifs is 3. The zero-order chi connectivity index (χ0) is 16.8. The zero-order valence-electron chi connectivity index (χ0n) is 13.3. The van der Waals surface area contributed by atoms with E-state index in [1.807, 2.05) is 36.4 Å². The van der Waals surface area contributed by atoms with Crippen molar-refractivity contribution < 1.29 is 10.2 Å². The quantitative estimate of drug-likeness (QED) is 0.491. The fourth-order valence-corrected chi connectivity index (χ4v) is 2.90. The van der Waals surface area contributed by atoms with Crippen LogP contribution in [0.3, 0.4) is 0 Å². The third kappa shape index (κ3) is 2.11. The second-order valence-electron chi connectivity index (χ2n) is 5.83. The Labute approximate surface area is 138 Å². The number of aryl methyl sites for hydroxylation is 2. The van der Waals surface area contributed by atoms with Gasteiger partial charge in [0, 0.05) is 17.8 Å². The second kappa shape index (κ2) is 5.13. The lowest BCUT2D eigenvalue weighted by Gasteiger charge is -2.14. The summed E-state index contributed by atoms with van der Waals surface area (Å²) in [5.41, 5.74) is 5.24. The van der Waals surface area contributed by atoms with E-state index in [0.29, 0.717) is 16.9 Å². The summed E-state index contributed by atoms with van der Waals surface area (Å²) >= 11 is 0. The van der Waals surface area contributed by atoms with Gasteiger partial charge in [-0.25, -0.2) is 9.97 Å². The Morgan fingerprint density at radius 2 is 1.71 bits per heavy atom. The summed E-state index contributed by atoms with van der Waals surface area (Å²) in [7, 11) is 0. The van der Waals surface area contributed by atoms with E-state index in [9.17, 15) is 10.2 Å². The number of imidazole rings is 1. The molecule has 4 rings (SSSR count). The van der Waals surface area contributed by atoms with Crippen molar-refractivity contribution >= 4 is 28.1 Å². The van der Waals surface area contributed by atoms with Crippen molar-refractivity contribution in [3.8, 4) is 11.5 Å². The van der Waals surface area contributed by atoms with E-state index in [0.717, 1.165) is 22.3 Å². The maximum Gasteiger partial charge on any atom is 0.159 e. The molecule has 0 aliphatic rings. The van der Waals surface area contributed by atoms with Crippen molar-refractivity contribution in [3.05, 3.63) is 54.0 Å². The Balaban J connectivity index is 1.97. The van der Waals surface area contributed by atoms with Crippen molar-refractivity contribution in [2.24, 2.45) is 0 Å². The van der Waals surface area contributed by atoms with Crippen molar-refractivity contribution in [2.75, 3.05) is 5.32 Å². The Morgan fingerprint density at radius 1 is 1.00 bits per heavy atom. The van der Waals surface area contributed by atoms with Gasteiger partial charge in [0.25, 0.3) is 0 Å². The minimum Gasteiger partial charge on any atom is -0.504 e. The highest BCUT2D eigenvalue weighted by Gasteiger charge is 2.13. The molecular weight excluding hydrogens is 304 g/mol. The van der Waals surface area contributed by atoms with Crippen LogP contribution in [0.4, 0.5) is 11.5 Å². The van der Waals surface area contributed by atoms with Crippen LogP contribution in [0.5, 0.6) is 11.5 Å². The molecule has 0 saturated heterocycles. The maximum absolute atomic E-state index is 9.77. The molecule has 2 heterocycles. The number of benzene rings is 2. The topological polar surface area (TPSA) is 82.7 Å². The number of aromatic hydroxyl groups is 2. The molecule has 6 heteroatoms. The van der Waals surface area contributed by atoms with Gasteiger partial charge in [0.1, 0.15) is 5.52 Å². The number of nitrogens with one attached hydrogen (secondary N) is 1. The van der Waals surface area contributed by atoms with Crippen LogP contribution in [0.2, 0.25) is 0 Å². The molecule has 0 bridgehead atoms. The summed E-state index contributed by atoms with van der Waals surface area (Å²) in [5, 5.41) is 22.9. The van der Waals surface area contributed by atoms with Crippen LogP contribution in [0.1, 0.15) is 11.1 Å². The highest BCUT2D eigenvalue weighted by atomic mass is 16.3. The molecule has 0 spiro atoms. The van der Waals surface area contributed by atoms with Gasteiger partial charge in [0.05, 0.1) is 23.6 Å². The summed E-state index contributed by atoms with van der Waals surface area (Å²) in [6.45, 7) is 4.07. The van der Waals surface area contributed by atoms with Crippen molar-refractivity contribution in [1.82, 2.24) is 14.4 Å². The normalized spacial score (nSPS) is 11.2. The van der Waals surface area contributed by atoms with E-state index in [4.69, 9.17) is 0 Å². The molecule has 2 aromatic heterocycles. The Bertz CT molecular complexity index is 1070. The minimum atomic E-state index is -0.201. The zero-order valence-corrected chi connectivity index (χ0v) is 13.3. The molecule has 0 fully saturated rings. The van der Waals surface area contributed by atoms with Crippen molar-refractivity contribution in [1.29, 1.82) is 0 Å². The number of hydrogen-bond donors (Lipinski definition) is 3. The number of phenolic OH excluding ortho intramolecular Hbond substituents is 2. The molecule has 0 atom stereocenters. The number of nitrogens with zero attached hydrogens (tertiary/aromatic N) is 3. The average Bonchev–Trinajstić information content (AvgIpc) is 3.03. The van der Waals surface area contributed by atoms with Crippen LogP contribution in [-0.4, -0.2) is 24.6 Å². The minimum absolute atomic E-state index is 0.185. The van der Waals surface area contributed by atoms with E-state index in [2.05, 4.69) is 15.3 Å². The van der Waals surface area contributed by atoms with Crippen LogP contribution < -0.4 is 5.32 Å². The van der Waals surface area contributed by atoms with Crippen LogP contribution in [-0.2, 0) is 0 Å². The summed E-state index contributed by atoms with van der Waals surface area (Å²) in [6.07, 6.45) is 3.37. The first-order valence-corrected chi connectivity index (χ1v) is 7.55. The van der Waals surface area contributed by atoms with Gasteiger partial charge < -0.3 is 15.5 Å². The van der Waals surface area contributed by atoms with Crippen molar-refractivity contribution in [2.45, 2.75) is 13.8 Å². The van der Waals surface area contributed by atoms with Gasteiger partial charge in [-0.2, -0.15) is 0 Å². The first-order chi connectivity index (χ1) is 11.5. The molecule has 0 saturated carbocycles. The number of anilines is 2. The number of aromatic nitrogens is 3. The maximum atomic E-state index is 9.77. The predicted octanol–water partition coefficient (Wildman–Crippen LogP) is 3.65. The molecule has 120 valence electrons. The third-order valence-electron chi connectivity index (χ3n) is 4.17. The molecular formula is C18H16N4O2. The Morgan fingerprint density at radius 3 is 2.46 bits per heavy atom. The second-order valence-corrected chi connectivity index (χ2v) is 5.83. The van der Waals surface area contributed by atoms with E-state index in [1.165, 1.54) is 12.1 Å². The number of rotatable bonds is 2. The number of phenols is 2. The molecule has 3 N–H and O–H groups in total. The molecule has 0 unspecified atom stereocenters. The standard InChI is InChI=1S/C18H16N4O2/c1-10-4-3-5-11(2)17(10)21-18-14-8-19-9-22(14)13-7-16(24)15(23)6-12(13)20-18/h3-9,23-24H,1-2H3,(H,20,21). The van der Waals surface area contributed by atoms with Gasteiger partial charge >= 0.3 is 0 Å². The molecule has 24 heavy (non-hydrogen) atoms.